The SMILES string of the molecule is CC[C@@H]1C(=O)N(C)c2cnc(-c3cn[nH]c3-c3nccs3)nc2N1C(C)C1CC1. The van der Waals surface area contributed by atoms with E-state index in [1.165, 1.54) is 24.2 Å². The standard InChI is InChI=1S/C20H23N7OS/c1-4-14-20(28)26(3)15-10-22-17(24-18(15)27(14)11(2)12-5-6-12)13-9-23-25-16(13)19-21-7-8-29-19/h7-12,14H,4-6H2,1-3H3,(H,23,25)/t11?,14-/m1/s1. The van der Waals surface area contributed by atoms with Gasteiger partial charge in [0.2, 0.25) is 5.91 Å². The number of amides is 1. The number of rotatable bonds is 5. The van der Waals surface area contributed by atoms with Crippen LogP contribution in [-0.2, 0) is 4.79 Å². The zero-order chi connectivity index (χ0) is 20.1. The van der Waals surface area contributed by atoms with E-state index in [4.69, 9.17) is 4.98 Å². The lowest BCUT2D eigenvalue weighted by Crippen LogP contribution is -2.56. The maximum atomic E-state index is 13.0. The molecule has 1 unspecified atom stereocenters. The van der Waals surface area contributed by atoms with Crippen molar-refractivity contribution in [3.05, 3.63) is 24.0 Å². The summed E-state index contributed by atoms with van der Waals surface area (Å²) in [5.41, 5.74) is 2.39. The first-order valence-corrected chi connectivity index (χ1v) is 10.8. The molecule has 1 aliphatic carbocycles. The first kappa shape index (κ1) is 18.2. The Kier molecular flexibility index (Phi) is 4.34. The number of likely N-dealkylation sites (N-methyl/N-ethyl adjacent to an activating group) is 1. The van der Waals surface area contributed by atoms with E-state index in [9.17, 15) is 4.79 Å². The van der Waals surface area contributed by atoms with E-state index in [1.54, 1.807) is 23.5 Å². The quantitative estimate of drug-likeness (QED) is 0.695. The van der Waals surface area contributed by atoms with E-state index in [-0.39, 0.29) is 18.0 Å². The fourth-order valence-corrected chi connectivity index (χ4v) is 4.80. The second kappa shape index (κ2) is 6.91. The maximum absolute atomic E-state index is 13.0. The number of nitrogens with one attached hydrogen (secondary N) is 1. The zero-order valence-electron chi connectivity index (χ0n) is 16.7. The third-order valence-corrected chi connectivity index (χ3v) is 6.75. The van der Waals surface area contributed by atoms with Gasteiger partial charge in [-0.1, -0.05) is 6.92 Å². The number of thiazole rings is 1. The molecule has 4 heterocycles. The van der Waals surface area contributed by atoms with Crippen LogP contribution in [0.25, 0.3) is 22.1 Å². The van der Waals surface area contributed by atoms with Gasteiger partial charge in [0.05, 0.1) is 18.0 Å². The van der Waals surface area contributed by atoms with Crippen LogP contribution in [-0.4, -0.2) is 50.2 Å². The summed E-state index contributed by atoms with van der Waals surface area (Å²) in [4.78, 5) is 30.9. The summed E-state index contributed by atoms with van der Waals surface area (Å²) in [5.74, 6) is 2.14. The lowest BCUT2D eigenvalue weighted by molar-refractivity contribution is -0.120. The van der Waals surface area contributed by atoms with Crippen molar-refractivity contribution < 1.29 is 4.79 Å². The van der Waals surface area contributed by atoms with Crippen LogP contribution >= 0.6 is 11.3 Å². The molecule has 0 bridgehead atoms. The van der Waals surface area contributed by atoms with Crippen LogP contribution in [0.3, 0.4) is 0 Å². The van der Waals surface area contributed by atoms with Crippen molar-refractivity contribution >= 4 is 28.7 Å². The van der Waals surface area contributed by atoms with Crippen LogP contribution in [0.4, 0.5) is 11.5 Å². The molecule has 1 aliphatic heterocycles. The minimum absolute atomic E-state index is 0.107. The molecular weight excluding hydrogens is 386 g/mol. The van der Waals surface area contributed by atoms with Crippen molar-refractivity contribution in [1.82, 2.24) is 25.1 Å². The Morgan fingerprint density at radius 1 is 1.31 bits per heavy atom. The minimum atomic E-state index is -0.200. The Morgan fingerprint density at radius 2 is 2.14 bits per heavy atom. The molecule has 1 fully saturated rings. The smallest absolute Gasteiger partial charge is 0.249 e. The number of nitrogens with zero attached hydrogens (tertiary/aromatic N) is 6. The normalized spacial score (nSPS) is 20.1. The molecule has 150 valence electrons. The first-order chi connectivity index (χ1) is 14.1. The molecule has 0 radical (unpaired) electrons. The van der Waals surface area contributed by atoms with Gasteiger partial charge in [-0.05, 0) is 32.1 Å². The number of anilines is 2. The monoisotopic (exact) mass is 409 g/mol. The van der Waals surface area contributed by atoms with Crippen LogP contribution in [0.1, 0.15) is 33.1 Å². The van der Waals surface area contributed by atoms with E-state index in [0.717, 1.165) is 34.2 Å². The Bertz CT molecular complexity index is 1040. The number of aromatic amines is 1. The highest BCUT2D eigenvalue weighted by atomic mass is 32.1. The van der Waals surface area contributed by atoms with Crippen molar-refractivity contribution in [2.45, 2.75) is 45.2 Å². The molecule has 29 heavy (non-hydrogen) atoms. The van der Waals surface area contributed by atoms with Gasteiger partial charge in [-0.25, -0.2) is 15.0 Å². The Balaban J connectivity index is 1.64. The van der Waals surface area contributed by atoms with Crippen LogP contribution < -0.4 is 9.80 Å². The van der Waals surface area contributed by atoms with Crippen molar-refractivity contribution in [2.75, 3.05) is 16.8 Å². The number of hydrogen-bond donors (Lipinski definition) is 1. The van der Waals surface area contributed by atoms with Gasteiger partial charge in [-0.15, -0.1) is 11.3 Å². The molecule has 0 aromatic carbocycles. The molecule has 1 amide bonds. The molecule has 8 nitrogen and oxygen atoms in total. The summed E-state index contributed by atoms with van der Waals surface area (Å²) in [7, 11) is 1.81. The van der Waals surface area contributed by atoms with Crippen molar-refractivity contribution in [1.29, 1.82) is 0 Å². The van der Waals surface area contributed by atoms with Crippen LogP contribution in [0.15, 0.2) is 24.0 Å². The summed E-state index contributed by atoms with van der Waals surface area (Å²) in [5, 5.41) is 10.0. The van der Waals surface area contributed by atoms with Gasteiger partial charge in [0.15, 0.2) is 11.6 Å². The highest BCUT2D eigenvalue weighted by Crippen LogP contribution is 2.43. The summed E-state index contributed by atoms with van der Waals surface area (Å²) in [6.45, 7) is 4.27. The molecule has 1 N–H and O–H groups in total. The largest absolute Gasteiger partial charge is 0.340 e. The lowest BCUT2D eigenvalue weighted by Gasteiger charge is -2.43. The molecule has 0 saturated heterocycles. The third kappa shape index (κ3) is 2.91. The summed E-state index contributed by atoms with van der Waals surface area (Å²) in [6, 6.07) is 0.0653. The van der Waals surface area contributed by atoms with Gasteiger partial charge in [-0.3, -0.25) is 9.89 Å². The number of hydrogen-bond acceptors (Lipinski definition) is 7. The summed E-state index contributed by atoms with van der Waals surface area (Å²) < 4.78 is 0. The highest BCUT2D eigenvalue weighted by molar-refractivity contribution is 7.13. The van der Waals surface area contributed by atoms with E-state index >= 15 is 0 Å². The zero-order valence-corrected chi connectivity index (χ0v) is 17.5. The van der Waals surface area contributed by atoms with Gasteiger partial charge in [0.1, 0.15) is 22.4 Å². The highest BCUT2D eigenvalue weighted by Gasteiger charge is 2.43. The molecule has 2 aliphatic rings. The number of aromatic nitrogens is 5. The second-order valence-electron chi connectivity index (χ2n) is 7.70. The van der Waals surface area contributed by atoms with Crippen molar-refractivity contribution in [3.63, 3.8) is 0 Å². The van der Waals surface area contributed by atoms with Crippen LogP contribution in [0, 0.1) is 5.92 Å². The van der Waals surface area contributed by atoms with Crippen molar-refractivity contribution in [3.8, 4) is 22.1 Å². The minimum Gasteiger partial charge on any atom is -0.340 e. The van der Waals surface area contributed by atoms with Gasteiger partial charge in [0.25, 0.3) is 0 Å². The summed E-state index contributed by atoms with van der Waals surface area (Å²) in [6.07, 6.45) is 8.43. The van der Waals surface area contributed by atoms with Gasteiger partial charge >= 0.3 is 0 Å². The first-order valence-electron chi connectivity index (χ1n) is 9.96. The number of fused-ring (bicyclic) bond motifs is 1. The molecule has 1 saturated carbocycles. The fourth-order valence-electron chi connectivity index (χ4n) is 4.15. The maximum Gasteiger partial charge on any atom is 0.249 e. The number of carbonyl (C=O) groups is 1. The van der Waals surface area contributed by atoms with Crippen LogP contribution in [0.5, 0.6) is 0 Å². The van der Waals surface area contributed by atoms with Gasteiger partial charge < -0.3 is 9.80 Å². The van der Waals surface area contributed by atoms with Crippen LogP contribution in [0.2, 0.25) is 0 Å². The predicted octanol–water partition coefficient (Wildman–Crippen LogP) is 3.35. The molecule has 3 aromatic heterocycles. The molecule has 3 aromatic rings. The topological polar surface area (TPSA) is 90.9 Å². The number of H-pyrrole nitrogens is 1. The Morgan fingerprint density at radius 3 is 2.83 bits per heavy atom. The lowest BCUT2D eigenvalue weighted by atomic mass is 10.0. The van der Waals surface area contributed by atoms with Gasteiger partial charge in [-0.2, -0.15) is 5.10 Å². The fraction of sp³-hybridized carbons (Fsp3) is 0.450. The van der Waals surface area contributed by atoms with Gasteiger partial charge in [0, 0.05) is 24.7 Å². The molecule has 5 rings (SSSR count). The average molecular weight is 410 g/mol. The molecule has 9 heteroatoms. The predicted molar refractivity (Wildman–Crippen MR) is 113 cm³/mol. The second-order valence-corrected chi connectivity index (χ2v) is 8.60. The molecule has 0 spiro atoms. The molecular formula is C20H23N7OS. The summed E-state index contributed by atoms with van der Waals surface area (Å²) >= 11 is 1.54. The average Bonchev–Trinajstić information content (AvgIpc) is 3.23. The van der Waals surface area contributed by atoms with E-state index in [2.05, 4.69) is 38.9 Å². The Labute approximate surface area is 173 Å². The molecule has 2 atom stereocenters. The van der Waals surface area contributed by atoms with E-state index < -0.39 is 0 Å². The van der Waals surface area contributed by atoms with E-state index in [1.807, 2.05) is 12.4 Å². The number of carbonyl (C=O) groups excluding carboxylic acids is 1. The van der Waals surface area contributed by atoms with E-state index in [0.29, 0.717) is 11.7 Å². The van der Waals surface area contributed by atoms with Crippen molar-refractivity contribution in [2.24, 2.45) is 5.92 Å². The third-order valence-electron chi connectivity index (χ3n) is 5.96. The Hall–Kier alpha value is -2.81.